The smallest absolute Gasteiger partial charge is 0.293 e. The number of aryl methyl sites for hydroxylation is 1. The van der Waals surface area contributed by atoms with Crippen LogP contribution in [0.15, 0.2) is 36.4 Å². The Morgan fingerprint density at radius 3 is 2.81 bits per heavy atom. The van der Waals surface area contributed by atoms with E-state index in [1.807, 2.05) is 6.92 Å². The van der Waals surface area contributed by atoms with Crippen LogP contribution in [0.25, 0.3) is 0 Å². The number of hydrogen-bond acceptors (Lipinski definition) is 5. The minimum Gasteiger partial charge on any atom is -0.377 e. The molecule has 2 aromatic carbocycles. The van der Waals surface area contributed by atoms with Crippen LogP contribution < -0.4 is 10.6 Å². The van der Waals surface area contributed by atoms with Gasteiger partial charge in [0, 0.05) is 35.5 Å². The lowest BCUT2D eigenvalue weighted by Gasteiger charge is -2.13. The van der Waals surface area contributed by atoms with Gasteiger partial charge in [0.2, 0.25) is 0 Å². The zero-order chi connectivity index (χ0) is 19.4. The van der Waals surface area contributed by atoms with Crippen LogP contribution in [-0.2, 0) is 4.74 Å². The number of carbonyl (C=O) groups is 1. The van der Waals surface area contributed by atoms with Gasteiger partial charge in [-0.1, -0.05) is 17.7 Å². The highest BCUT2D eigenvalue weighted by Crippen LogP contribution is 2.27. The first-order valence-electron chi connectivity index (χ1n) is 8.65. The van der Waals surface area contributed by atoms with Crippen molar-refractivity contribution >= 4 is 34.6 Å². The number of rotatable bonds is 6. The molecule has 1 saturated heterocycles. The minimum absolute atomic E-state index is 0.0545. The first kappa shape index (κ1) is 19.1. The highest BCUT2D eigenvalue weighted by atomic mass is 35.5. The molecule has 3 rings (SSSR count). The number of carbonyl (C=O) groups excluding carboxylic acids is 1. The zero-order valence-corrected chi connectivity index (χ0v) is 15.6. The molecule has 1 amide bonds. The quantitative estimate of drug-likeness (QED) is 0.564. The van der Waals surface area contributed by atoms with Crippen molar-refractivity contribution in [3.05, 3.63) is 62.7 Å². The molecule has 0 aliphatic carbocycles. The molecule has 0 aromatic heterocycles. The maximum absolute atomic E-state index is 12.4. The molecule has 1 heterocycles. The average molecular weight is 390 g/mol. The van der Waals surface area contributed by atoms with Gasteiger partial charge in [0.05, 0.1) is 11.0 Å². The largest absolute Gasteiger partial charge is 0.377 e. The highest BCUT2D eigenvalue weighted by Gasteiger charge is 2.20. The van der Waals surface area contributed by atoms with E-state index in [9.17, 15) is 14.9 Å². The highest BCUT2D eigenvalue weighted by molar-refractivity contribution is 6.31. The number of amides is 1. The van der Waals surface area contributed by atoms with Gasteiger partial charge >= 0.3 is 0 Å². The van der Waals surface area contributed by atoms with Gasteiger partial charge in [0.15, 0.2) is 0 Å². The normalized spacial score (nSPS) is 16.1. The molecule has 0 radical (unpaired) electrons. The third kappa shape index (κ3) is 4.75. The van der Waals surface area contributed by atoms with E-state index in [4.69, 9.17) is 16.3 Å². The number of nitrogens with one attached hydrogen (secondary N) is 2. The van der Waals surface area contributed by atoms with Gasteiger partial charge in [-0.3, -0.25) is 14.9 Å². The molecule has 1 aliphatic rings. The van der Waals surface area contributed by atoms with Gasteiger partial charge in [-0.05, 0) is 49.6 Å². The molecule has 0 saturated carbocycles. The lowest BCUT2D eigenvalue weighted by atomic mass is 10.1. The fourth-order valence-corrected chi connectivity index (χ4v) is 3.06. The summed E-state index contributed by atoms with van der Waals surface area (Å²) in [6.07, 6.45) is 1.98. The molecule has 1 aliphatic heterocycles. The van der Waals surface area contributed by atoms with Gasteiger partial charge in [0.1, 0.15) is 5.69 Å². The van der Waals surface area contributed by atoms with Crippen LogP contribution in [0, 0.1) is 17.0 Å². The summed E-state index contributed by atoms with van der Waals surface area (Å²) >= 11 is 6.06. The summed E-state index contributed by atoms with van der Waals surface area (Å²) in [5.41, 5.74) is 1.83. The van der Waals surface area contributed by atoms with Crippen LogP contribution in [0.2, 0.25) is 5.02 Å². The van der Waals surface area contributed by atoms with Crippen molar-refractivity contribution in [2.45, 2.75) is 25.9 Å². The summed E-state index contributed by atoms with van der Waals surface area (Å²) in [6, 6.07) is 9.52. The van der Waals surface area contributed by atoms with Crippen LogP contribution in [0.1, 0.15) is 28.8 Å². The van der Waals surface area contributed by atoms with Crippen LogP contribution >= 0.6 is 11.6 Å². The molecule has 0 unspecified atom stereocenters. The molecule has 8 heteroatoms. The zero-order valence-electron chi connectivity index (χ0n) is 14.8. The molecule has 27 heavy (non-hydrogen) atoms. The molecule has 2 N–H and O–H groups in total. The summed E-state index contributed by atoms with van der Waals surface area (Å²) in [5, 5.41) is 17.7. The lowest BCUT2D eigenvalue weighted by Crippen LogP contribution is -2.19. The van der Waals surface area contributed by atoms with Crippen molar-refractivity contribution in [1.29, 1.82) is 0 Å². The van der Waals surface area contributed by atoms with Crippen LogP contribution in [-0.4, -0.2) is 30.1 Å². The van der Waals surface area contributed by atoms with Crippen molar-refractivity contribution in [2.24, 2.45) is 0 Å². The molecule has 7 nitrogen and oxygen atoms in total. The maximum atomic E-state index is 12.4. The molecular formula is C19H20ClN3O4. The SMILES string of the molecule is Cc1ccc(NC(=O)c2ccc(NC[C@H]3CCCO3)c([N+](=O)[O-])c2)cc1Cl. The second-order valence-corrected chi connectivity index (χ2v) is 6.83. The maximum Gasteiger partial charge on any atom is 0.293 e. The summed E-state index contributed by atoms with van der Waals surface area (Å²) in [5.74, 6) is -0.441. The topological polar surface area (TPSA) is 93.5 Å². The van der Waals surface area contributed by atoms with E-state index < -0.39 is 10.8 Å². The Morgan fingerprint density at radius 1 is 1.33 bits per heavy atom. The van der Waals surface area contributed by atoms with Crippen molar-refractivity contribution in [3.8, 4) is 0 Å². The van der Waals surface area contributed by atoms with Crippen molar-refractivity contribution in [3.63, 3.8) is 0 Å². The number of ether oxygens (including phenoxy) is 1. The Labute approximate surface area is 161 Å². The van der Waals surface area contributed by atoms with Gasteiger partial charge in [-0.15, -0.1) is 0 Å². The Kier molecular flexibility index (Phi) is 5.93. The predicted octanol–water partition coefficient (Wildman–Crippen LogP) is 4.40. The van der Waals surface area contributed by atoms with E-state index in [0.29, 0.717) is 22.9 Å². The molecule has 0 bridgehead atoms. The number of nitro benzene ring substituents is 1. The Balaban J connectivity index is 1.74. The molecule has 0 spiro atoms. The van der Waals surface area contributed by atoms with Gasteiger partial charge in [-0.25, -0.2) is 0 Å². The summed E-state index contributed by atoms with van der Waals surface area (Å²) in [7, 11) is 0. The second-order valence-electron chi connectivity index (χ2n) is 6.42. The number of halogens is 1. The van der Waals surface area contributed by atoms with Gasteiger partial charge in [-0.2, -0.15) is 0 Å². The molecule has 142 valence electrons. The van der Waals surface area contributed by atoms with E-state index in [-0.39, 0.29) is 17.4 Å². The van der Waals surface area contributed by atoms with Crippen molar-refractivity contribution < 1.29 is 14.5 Å². The fraction of sp³-hybridized carbons (Fsp3) is 0.316. The van der Waals surface area contributed by atoms with Gasteiger partial charge < -0.3 is 15.4 Å². The van der Waals surface area contributed by atoms with E-state index in [0.717, 1.165) is 25.0 Å². The standard InChI is InChI=1S/C19H20ClN3O4/c1-12-4-6-14(10-16(12)20)22-19(24)13-5-7-17(18(9-13)23(25)26)21-11-15-3-2-8-27-15/h4-7,9-10,15,21H,2-3,8,11H2,1H3,(H,22,24)/t15-/m1/s1. The van der Waals surface area contributed by atoms with E-state index in [1.54, 1.807) is 30.3 Å². The van der Waals surface area contributed by atoms with Crippen molar-refractivity contribution in [1.82, 2.24) is 0 Å². The fourth-order valence-electron chi connectivity index (χ4n) is 2.88. The summed E-state index contributed by atoms with van der Waals surface area (Å²) in [6.45, 7) is 3.07. The minimum atomic E-state index is -0.503. The summed E-state index contributed by atoms with van der Waals surface area (Å²) < 4.78 is 5.51. The number of nitro groups is 1. The van der Waals surface area contributed by atoms with E-state index in [1.165, 1.54) is 6.07 Å². The lowest BCUT2D eigenvalue weighted by molar-refractivity contribution is -0.384. The molecule has 1 fully saturated rings. The Morgan fingerprint density at radius 2 is 2.15 bits per heavy atom. The van der Waals surface area contributed by atoms with E-state index >= 15 is 0 Å². The first-order chi connectivity index (χ1) is 12.9. The average Bonchev–Trinajstić information content (AvgIpc) is 3.16. The Hall–Kier alpha value is -2.64. The number of hydrogen-bond donors (Lipinski definition) is 2. The monoisotopic (exact) mass is 389 g/mol. The summed E-state index contributed by atoms with van der Waals surface area (Å²) in [4.78, 5) is 23.4. The third-order valence-electron chi connectivity index (χ3n) is 4.43. The predicted molar refractivity (Wildman–Crippen MR) is 105 cm³/mol. The second kappa shape index (κ2) is 8.37. The molecule has 2 aromatic rings. The van der Waals surface area contributed by atoms with Crippen LogP contribution in [0.5, 0.6) is 0 Å². The Bertz CT molecular complexity index is 866. The molecule has 1 atom stereocenters. The molecular weight excluding hydrogens is 370 g/mol. The van der Waals surface area contributed by atoms with Crippen LogP contribution in [0.3, 0.4) is 0 Å². The van der Waals surface area contributed by atoms with Crippen LogP contribution in [0.4, 0.5) is 17.1 Å². The van der Waals surface area contributed by atoms with Gasteiger partial charge in [0.25, 0.3) is 11.6 Å². The third-order valence-corrected chi connectivity index (χ3v) is 4.84. The van der Waals surface area contributed by atoms with E-state index in [2.05, 4.69) is 10.6 Å². The number of nitrogens with zero attached hydrogens (tertiary/aromatic N) is 1. The van der Waals surface area contributed by atoms with Crippen molar-refractivity contribution in [2.75, 3.05) is 23.8 Å². The number of anilines is 2. The number of benzene rings is 2. The first-order valence-corrected chi connectivity index (χ1v) is 9.03.